The van der Waals surface area contributed by atoms with Crippen LogP contribution in [0.15, 0.2) is 47.1 Å². The summed E-state index contributed by atoms with van der Waals surface area (Å²) in [5, 5.41) is 0. The number of pyridine rings is 1. The number of anilines is 1. The van der Waals surface area contributed by atoms with Gasteiger partial charge in [0.25, 0.3) is 0 Å². The number of urea groups is 1. The van der Waals surface area contributed by atoms with Crippen molar-refractivity contribution in [1.82, 2.24) is 14.8 Å². The number of hydrogen-bond donors (Lipinski definition) is 0. The SMILES string of the molecule is O=C(CN1CCN(c2ccccc2F)C1=O)N1CCC(Oc2ncccc2Br)C1. The maximum absolute atomic E-state index is 14.0. The van der Waals surface area contributed by atoms with E-state index in [0.717, 1.165) is 4.47 Å². The van der Waals surface area contributed by atoms with Crippen molar-refractivity contribution in [2.75, 3.05) is 37.6 Å². The number of amides is 3. The van der Waals surface area contributed by atoms with Crippen LogP contribution in [0.1, 0.15) is 6.42 Å². The first-order valence-corrected chi connectivity index (χ1v) is 10.2. The average molecular weight is 463 g/mol. The summed E-state index contributed by atoms with van der Waals surface area (Å²) >= 11 is 3.40. The smallest absolute Gasteiger partial charge is 0.325 e. The molecule has 2 fully saturated rings. The first-order chi connectivity index (χ1) is 14.0. The van der Waals surface area contributed by atoms with Crippen molar-refractivity contribution < 1.29 is 18.7 Å². The lowest BCUT2D eigenvalue weighted by Gasteiger charge is -2.22. The van der Waals surface area contributed by atoms with Crippen molar-refractivity contribution in [3.63, 3.8) is 0 Å². The summed E-state index contributed by atoms with van der Waals surface area (Å²) in [5.41, 5.74) is 0.239. The zero-order valence-corrected chi connectivity index (χ0v) is 17.2. The van der Waals surface area contributed by atoms with Crippen molar-refractivity contribution in [2.24, 2.45) is 0 Å². The van der Waals surface area contributed by atoms with Crippen LogP contribution in [0.25, 0.3) is 0 Å². The molecule has 3 heterocycles. The van der Waals surface area contributed by atoms with Crippen molar-refractivity contribution in [1.29, 1.82) is 0 Å². The van der Waals surface area contributed by atoms with E-state index in [0.29, 0.717) is 38.5 Å². The van der Waals surface area contributed by atoms with Crippen LogP contribution in [0.3, 0.4) is 0 Å². The molecule has 0 bridgehead atoms. The van der Waals surface area contributed by atoms with Gasteiger partial charge in [-0.25, -0.2) is 14.2 Å². The van der Waals surface area contributed by atoms with Crippen LogP contribution >= 0.6 is 15.9 Å². The third-order valence-corrected chi connectivity index (χ3v) is 5.67. The molecule has 0 N–H and O–H groups in total. The van der Waals surface area contributed by atoms with E-state index in [2.05, 4.69) is 20.9 Å². The predicted molar refractivity (Wildman–Crippen MR) is 108 cm³/mol. The highest BCUT2D eigenvalue weighted by molar-refractivity contribution is 9.10. The molecule has 0 radical (unpaired) electrons. The number of aromatic nitrogens is 1. The molecule has 1 unspecified atom stereocenters. The second-order valence-electron chi connectivity index (χ2n) is 6.97. The van der Waals surface area contributed by atoms with Crippen LogP contribution in [0.2, 0.25) is 0 Å². The van der Waals surface area contributed by atoms with Gasteiger partial charge in [0.2, 0.25) is 11.8 Å². The van der Waals surface area contributed by atoms with Gasteiger partial charge in [-0.05, 0) is 40.2 Å². The average Bonchev–Trinajstić information content (AvgIpc) is 3.32. The van der Waals surface area contributed by atoms with E-state index in [1.807, 2.05) is 6.07 Å². The van der Waals surface area contributed by atoms with Gasteiger partial charge >= 0.3 is 6.03 Å². The molecule has 152 valence electrons. The van der Waals surface area contributed by atoms with Gasteiger partial charge in [-0.2, -0.15) is 0 Å². The monoisotopic (exact) mass is 462 g/mol. The van der Waals surface area contributed by atoms with Gasteiger partial charge < -0.3 is 14.5 Å². The van der Waals surface area contributed by atoms with E-state index < -0.39 is 5.82 Å². The Morgan fingerprint density at radius 3 is 2.83 bits per heavy atom. The van der Waals surface area contributed by atoms with Crippen LogP contribution in [-0.2, 0) is 4.79 Å². The number of carbonyl (C=O) groups is 2. The fourth-order valence-electron chi connectivity index (χ4n) is 3.55. The van der Waals surface area contributed by atoms with Crippen LogP contribution < -0.4 is 9.64 Å². The van der Waals surface area contributed by atoms with E-state index in [1.165, 1.54) is 15.9 Å². The number of hydrogen-bond acceptors (Lipinski definition) is 4. The number of nitrogens with zero attached hydrogens (tertiary/aromatic N) is 4. The molecule has 7 nitrogen and oxygen atoms in total. The van der Waals surface area contributed by atoms with Gasteiger partial charge in [-0.3, -0.25) is 9.69 Å². The van der Waals surface area contributed by atoms with Crippen LogP contribution in [0, 0.1) is 5.82 Å². The maximum Gasteiger partial charge on any atom is 0.325 e. The summed E-state index contributed by atoms with van der Waals surface area (Å²) in [5.74, 6) is -0.0868. The minimum atomic E-state index is -0.450. The molecule has 0 saturated carbocycles. The first kappa shape index (κ1) is 19.6. The topological polar surface area (TPSA) is 66.0 Å². The Morgan fingerprint density at radius 2 is 2.03 bits per heavy atom. The van der Waals surface area contributed by atoms with Crippen molar-refractivity contribution in [2.45, 2.75) is 12.5 Å². The number of halogens is 2. The third-order valence-electron chi connectivity index (χ3n) is 5.07. The van der Waals surface area contributed by atoms with Gasteiger partial charge in [0.1, 0.15) is 18.5 Å². The molecule has 4 rings (SSSR count). The second kappa shape index (κ2) is 8.36. The fourth-order valence-corrected chi connectivity index (χ4v) is 3.90. The van der Waals surface area contributed by atoms with E-state index >= 15 is 0 Å². The zero-order valence-electron chi connectivity index (χ0n) is 15.6. The number of para-hydroxylation sites is 1. The normalized spacial score (nSPS) is 19.2. The van der Waals surface area contributed by atoms with Crippen LogP contribution in [-0.4, -0.2) is 65.5 Å². The summed E-state index contributed by atoms with van der Waals surface area (Å²) in [4.78, 5) is 34.0. The molecule has 1 aromatic heterocycles. The Bertz CT molecular complexity index is 928. The van der Waals surface area contributed by atoms with Gasteiger partial charge in [0.15, 0.2) is 0 Å². The Morgan fingerprint density at radius 1 is 1.21 bits per heavy atom. The summed E-state index contributed by atoms with van der Waals surface area (Å²) in [7, 11) is 0. The summed E-state index contributed by atoms with van der Waals surface area (Å²) in [6.45, 7) is 1.72. The highest BCUT2D eigenvalue weighted by Crippen LogP contribution is 2.26. The fraction of sp³-hybridized carbons (Fsp3) is 0.350. The van der Waals surface area contributed by atoms with E-state index in [-0.39, 0.29) is 30.3 Å². The lowest BCUT2D eigenvalue weighted by Crippen LogP contribution is -2.42. The summed E-state index contributed by atoms with van der Waals surface area (Å²) in [6.07, 6.45) is 2.21. The molecule has 1 aromatic carbocycles. The maximum atomic E-state index is 14.0. The zero-order chi connectivity index (χ0) is 20.4. The van der Waals surface area contributed by atoms with Crippen molar-refractivity contribution in [3.05, 3.63) is 52.9 Å². The molecular formula is C20H20BrFN4O3. The molecule has 0 spiro atoms. The number of ether oxygens (including phenoxy) is 1. The predicted octanol–water partition coefficient (Wildman–Crippen LogP) is 2.91. The third kappa shape index (κ3) is 4.19. The Balaban J connectivity index is 1.33. The highest BCUT2D eigenvalue weighted by Gasteiger charge is 2.35. The minimum Gasteiger partial charge on any atom is -0.472 e. The molecule has 3 amide bonds. The number of benzene rings is 1. The largest absolute Gasteiger partial charge is 0.472 e. The molecular weight excluding hydrogens is 443 g/mol. The highest BCUT2D eigenvalue weighted by atomic mass is 79.9. The number of carbonyl (C=O) groups excluding carboxylic acids is 2. The standard InChI is InChI=1S/C20H20BrFN4O3/c21-15-4-3-8-23-19(15)29-14-7-9-24(12-14)18(27)13-25-10-11-26(20(25)28)17-6-2-1-5-16(17)22/h1-6,8,14H,7,9-13H2. The molecule has 2 saturated heterocycles. The Hall–Kier alpha value is -2.68. The molecule has 1 atom stereocenters. The lowest BCUT2D eigenvalue weighted by atomic mass is 10.3. The second-order valence-corrected chi connectivity index (χ2v) is 7.82. The summed E-state index contributed by atoms with van der Waals surface area (Å²) < 4.78 is 20.6. The van der Waals surface area contributed by atoms with Crippen molar-refractivity contribution >= 4 is 33.6 Å². The molecule has 2 aliphatic rings. The quantitative estimate of drug-likeness (QED) is 0.684. The molecule has 29 heavy (non-hydrogen) atoms. The lowest BCUT2D eigenvalue weighted by molar-refractivity contribution is -0.130. The molecule has 2 aliphatic heterocycles. The van der Waals surface area contributed by atoms with E-state index in [9.17, 15) is 14.0 Å². The van der Waals surface area contributed by atoms with Gasteiger partial charge in [0.05, 0.1) is 16.7 Å². The summed E-state index contributed by atoms with van der Waals surface area (Å²) in [6, 6.07) is 9.45. The Kier molecular flexibility index (Phi) is 5.66. The van der Waals surface area contributed by atoms with Gasteiger partial charge in [-0.1, -0.05) is 12.1 Å². The molecule has 9 heteroatoms. The van der Waals surface area contributed by atoms with E-state index in [4.69, 9.17) is 4.74 Å². The van der Waals surface area contributed by atoms with Gasteiger partial charge in [-0.15, -0.1) is 0 Å². The van der Waals surface area contributed by atoms with Crippen LogP contribution in [0.5, 0.6) is 5.88 Å². The van der Waals surface area contributed by atoms with E-state index in [1.54, 1.807) is 35.4 Å². The number of rotatable bonds is 5. The van der Waals surface area contributed by atoms with Crippen molar-refractivity contribution in [3.8, 4) is 5.88 Å². The Labute approximate surface area is 176 Å². The number of likely N-dealkylation sites (tertiary alicyclic amines) is 1. The minimum absolute atomic E-state index is 0.0240. The molecule has 0 aliphatic carbocycles. The van der Waals surface area contributed by atoms with Crippen LogP contribution in [0.4, 0.5) is 14.9 Å². The first-order valence-electron chi connectivity index (χ1n) is 9.39. The molecule has 2 aromatic rings. The van der Waals surface area contributed by atoms with Gasteiger partial charge in [0, 0.05) is 32.3 Å².